The normalized spacial score (nSPS) is 11.4. The molecule has 0 spiro atoms. The van der Waals surface area contributed by atoms with Gasteiger partial charge in [-0.25, -0.2) is 0 Å². The van der Waals surface area contributed by atoms with E-state index >= 15 is 0 Å². The van der Waals surface area contributed by atoms with Gasteiger partial charge in [-0.15, -0.1) is 0 Å². The Balaban J connectivity index is 2.48. The smallest absolute Gasteiger partial charge is 0.390 e. The fourth-order valence-corrected chi connectivity index (χ4v) is 1.03. The lowest BCUT2D eigenvalue weighted by Crippen LogP contribution is -2.14. The maximum Gasteiger partial charge on any atom is 0.390 e. The molecule has 0 atom stereocenters. The molecule has 84 valence electrons. The summed E-state index contributed by atoms with van der Waals surface area (Å²) in [6.45, 7) is -0.174. The van der Waals surface area contributed by atoms with E-state index in [0.717, 1.165) is 0 Å². The van der Waals surface area contributed by atoms with Crippen LogP contribution in [0, 0.1) is 0 Å². The standard InChI is InChI=1S/C9H12F3N3/c10-9(11,12)3-4-15-6-1-2-7(13)8(14)5-6/h1-2,5,15H,3-4,13-14H2. The van der Waals surface area contributed by atoms with Crippen LogP contribution in [-0.4, -0.2) is 12.7 Å². The van der Waals surface area contributed by atoms with E-state index in [0.29, 0.717) is 17.1 Å². The highest BCUT2D eigenvalue weighted by Gasteiger charge is 2.25. The summed E-state index contributed by atoms with van der Waals surface area (Å²) < 4.78 is 35.5. The van der Waals surface area contributed by atoms with Crippen LogP contribution in [0.15, 0.2) is 18.2 Å². The second-order valence-electron chi connectivity index (χ2n) is 3.14. The Morgan fingerprint density at radius 3 is 2.33 bits per heavy atom. The number of hydrogen-bond acceptors (Lipinski definition) is 3. The summed E-state index contributed by atoms with van der Waals surface area (Å²) in [7, 11) is 0. The molecule has 0 aliphatic carbocycles. The van der Waals surface area contributed by atoms with Crippen LogP contribution in [0.4, 0.5) is 30.2 Å². The molecule has 5 N–H and O–H groups in total. The van der Waals surface area contributed by atoms with Gasteiger partial charge in [0.1, 0.15) is 0 Å². The molecule has 1 rings (SSSR count). The third-order valence-corrected chi connectivity index (χ3v) is 1.82. The predicted molar refractivity (Wildman–Crippen MR) is 54.4 cm³/mol. The first-order chi connectivity index (χ1) is 6.88. The molecule has 0 radical (unpaired) electrons. The molecular weight excluding hydrogens is 207 g/mol. The van der Waals surface area contributed by atoms with E-state index in [1.807, 2.05) is 0 Å². The van der Waals surface area contributed by atoms with E-state index in [9.17, 15) is 13.2 Å². The summed E-state index contributed by atoms with van der Waals surface area (Å²) in [5, 5.41) is 2.61. The van der Waals surface area contributed by atoms with Crippen molar-refractivity contribution < 1.29 is 13.2 Å². The summed E-state index contributed by atoms with van der Waals surface area (Å²) in [5.74, 6) is 0. The van der Waals surface area contributed by atoms with Crippen LogP contribution >= 0.6 is 0 Å². The minimum atomic E-state index is -4.15. The van der Waals surface area contributed by atoms with Crippen LogP contribution in [-0.2, 0) is 0 Å². The van der Waals surface area contributed by atoms with Crippen LogP contribution in [0.3, 0.4) is 0 Å². The van der Waals surface area contributed by atoms with Gasteiger partial charge in [-0.2, -0.15) is 13.2 Å². The Bertz CT molecular complexity index is 336. The number of benzene rings is 1. The number of nitrogens with two attached hydrogens (primary N) is 2. The highest BCUT2D eigenvalue weighted by Crippen LogP contribution is 2.22. The lowest BCUT2D eigenvalue weighted by molar-refractivity contribution is -0.131. The molecule has 0 amide bonds. The zero-order valence-corrected chi connectivity index (χ0v) is 7.93. The maximum absolute atomic E-state index is 11.8. The number of halogens is 3. The molecule has 0 saturated carbocycles. The van der Waals surface area contributed by atoms with Crippen molar-refractivity contribution in [3.8, 4) is 0 Å². The van der Waals surface area contributed by atoms with E-state index in [1.54, 1.807) is 12.1 Å². The molecule has 0 saturated heterocycles. The lowest BCUT2D eigenvalue weighted by atomic mass is 10.2. The van der Waals surface area contributed by atoms with Gasteiger partial charge in [-0.05, 0) is 18.2 Å². The Morgan fingerprint density at radius 1 is 1.13 bits per heavy atom. The fraction of sp³-hybridized carbons (Fsp3) is 0.333. The molecule has 6 heteroatoms. The van der Waals surface area contributed by atoms with Crippen molar-refractivity contribution in [2.75, 3.05) is 23.3 Å². The van der Waals surface area contributed by atoms with Crippen LogP contribution in [0.2, 0.25) is 0 Å². The first-order valence-electron chi connectivity index (χ1n) is 4.34. The number of rotatable bonds is 3. The van der Waals surface area contributed by atoms with Gasteiger partial charge in [0, 0.05) is 12.2 Å². The van der Waals surface area contributed by atoms with Crippen molar-refractivity contribution >= 4 is 17.1 Å². The molecule has 15 heavy (non-hydrogen) atoms. The Morgan fingerprint density at radius 2 is 1.80 bits per heavy atom. The maximum atomic E-state index is 11.8. The van der Waals surface area contributed by atoms with Crippen LogP contribution < -0.4 is 16.8 Å². The zero-order valence-electron chi connectivity index (χ0n) is 7.93. The molecule has 0 aliphatic rings. The molecule has 3 nitrogen and oxygen atoms in total. The third kappa shape index (κ3) is 3.97. The Labute approximate surface area is 85.3 Å². The van der Waals surface area contributed by atoms with Crippen LogP contribution in [0.5, 0.6) is 0 Å². The number of hydrogen-bond donors (Lipinski definition) is 3. The van der Waals surface area contributed by atoms with Crippen LogP contribution in [0.25, 0.3) is 0 Å². The van der Waals surface area contributed by atoms with Crippen molar-refractivity contribution in [3.05, 3.63) is 18.2 Å². The van der Waals surface area contributed by atoms with Crippen molar-refractivity contribution in [3.63, 3.8) is 0 Å². The lowest BCUT2D eigenvalue weighted by Gasteiger charge is -2.10. The molecule has 0 fully saturated rings. The van der Waals surface area contributed by atoms with E-state index in [4.69, 9.17) is 11.5 Å². The highest BCUT2D eigenvalue weighted by atomic mass is 19.4. The third-order valence-electron chi connectivity index (χ3n) is 1.82. The Hall–Kier alpha value is -1.59. The fourth-order valence-electron chi connectivity index (χ4n) is 1.03. The van der Waals surface area contributed by atoms with Gasteiger partial charge in [-0.3, -0.25) is 0 Å². The van der Waals surface area contributed by atoms with Gasteiger partial charge in [0.15, 0.2) is 0 Å². The number of alkyl halides is 3. The second-order valence-corrected chi connectivity index (χ2v) is 3.14. The van der Waals surface area contributed by atoms with Crippen LogP contribution in [0.1, 0.15) is 6.42 Å². The first kappa shape index (κ1) is 11.5. The Kier molecular flexibility index (Phi) is 3.28. The van der Waals surface area contributed by atoms with E-state index in [-0.39, 0.29) is 6.54 Å². The van der Waals surface area contributed by atoms with Crippen molar-refractivity contribution in [1.29, 1.82) is 0 Å². The molecule has 0 aliphatic heterocycles. The van der Waals surface area contributed by atoms with Gasteiger partial charge in [0.05, 0.1) is 17.8 Å². The molecule has 1 aromatic rings. The number of nitrogen functional groups attached to an aromatic ring is 2. The number of nitrogens with one attached hydrogen (secondary N) is 1. The molecular formula is C9H12F3N3. The predicted octanol–water partition coefficient (Wildman–Crippen LogP) is 2.22. The average molecular weight is 219 g/mol. The minimum Gasteiger partial charge on any atom is -0.397 e. The van der Waals surface area contributed by atoms with Crippen molar-refractivity contribution in [2.45, 2.75) is 12.6 Å². The molecule has 0 heterocycles. The largest absolute Gasteiger partial charge is 0.397 e. The van der Waals surface area contributed by atoms with E-state index in [1.165, 1.54) is 6.07 Å². The second kappa shape index (κ2) is 4.29. The first-order valence-corrected chi connectivity index (χ1v) is 4.34. The molecule has 0 bridgehead atoms. The van der Waals surface area contributed by atoms with Gasteiger partial charge in [0.2, 0.25) is 0 Å². The minimum absolute atomic E-state index is 0.174. The summed E-state index contributed by atoms with van der Waals surface area (Å²) in [6.07, 6.45) is -5.02. The molecule has 0 unspecified atom stereocenters. The van der Waals surface area contributed by atoms with Gasteiger partial charge < -0.3 is 16.8 Å². The topological polar surface area (TPSA) is 64.1 Å². The average Bonchev–Trinajstić information content (AvgIpc) is 2.09. The quantitative estimate of drug-likeness (QED) is 0.683. The molecule has 0 aromatic heterocycles. The van der Waals surface area contributed by atoms with Gasteiger partial charge in [0.25, 0.3) is 0 Å². The van der Waals surface area contributed by atoms with E-state index < -0.39 is 12.6 Å². The number of anilines is 3. The molecule has 1 aromatic carbocycles. The van der Waals surface area contributed by atoms with Gasteiger partial charge >= 0.3 is 6.18 Å². The summed E-state index contributed by atoms with van der Waals surface area (Å²) in [6, 6.07) is 4.64. The summed E-state index contributed by atoms with van der Waals surface area (Å²) in [4.78, 5) is 0. The highest BCUT2D eigenvalue weighted by molar-refractivity contribution is 5.69. The van der Waals surface area contributed by atoms with Gasteiger partial charge in [-0.1, -0.05) is 0 Å². The van der Waals surface area contributed by atoms with Crippen molar-refractivity contribution in [2.24, 2.45) is 0 Å². The summed E-state index contributed by atoms with van der Waals surface area (Å²) >= 11 is 0. The SMILES string of the molecule is Nc1ccc(NCCC(F)(F)F)cc1N. The van der Waals surface area contributed by atoms with E-state index in [2.05, 4.69) is 5.32 Å². The summed E-state index contributed by atoms with van der Waals surface area (Å²) in [5.41, 5.74) is 12.2. The van der Waals surface area contributed by atoms with Crippen molar-refractivity contribution in [1.82, 2.24) is 0 Å². The monoisotopic (exact) mass is 219 g/mol. The zero-order chi connectivity index (χ0) is 11.5.